The lowest BCUT2D eigenvalue weighted by Crippen LogP contribution is -2.40. The van der Waals surface area contributed by atoms with Crippen molar-refractivity contribution in [1.82, 2.24) is 19.5 Å². The highest BCUT2D eigenvalue weighted by Gasteiger charge is 2.39. The molecule has 0 aromatic carbocycles. The number of carbonyl (C=O) groups is 2. The molecule has 1 fully saturated rings. The zero-order chi connectivity index (χ0) is 20.3. The van der Waals surface area contributed by atoms with Crippen LogP contribution in [0.1, 0.15) is 58.4 Å². The molecule has 156 valence electrons. The molecule has 4 heterocycles. The third-order valence-electron chi connectivity index (χ3n) is 5.81. The summed E-state index contributed by atoms with van der Waals surface area (Å²) in [4.78, 5) is 24.7. The van der Waals surface area contributed by atoms with Gasteiger partial charge in [0, 0.05) is 38.1 Å². The number of fused-ring (bicyclic) bond motifs is 1. The molecule has 1 saturated heterocycles. The Kier molecular flexibility index (Phi) is 5.96. The van der Waals surface area contributed by atoms with Crippen LogP contribution < -0.4 is 5.32 Å². The number of carbonyl (C=O) groups excluding carboxylic acids is 2. The Balaban J connectivity index is 1.47. The van der Waals surface area contributed by atoms with Crippen LogP contribution >= 0.6 is 11.5 Å². The van der Waals surface area contributed by atoms with Gasteiger partial charge in [0.2, 0.25) is 0 Å². The Labute approximate surface area is 173 Å². The largest absolute Gasteiger partial charge is 0.461 e. The molecule has 0 bridgehead atoms. The van der Waals surface area contributed by atoms with Crippen LogP contribution in [0.3, 0.4) is 0 Å². The van der Waals surface area contributed by atoms with Crippen molar-refractivity contribution in [2.45, 2.75) is 45.6 Å². The topological polar surface area (TPSA) is 95.3 Å². The minimum absolute atomic E-state index is 0.0265. The number of hydrogen-bond donors (Lipinski definition) is 1. The van der Waals surface area contributed by atoms with Gasteiger partial charge in [-0.2, -0.15) is 9.47 Å². The summed E-state index contributed by atoms with van der Waals surface area (Å²) in [6.45, 7) is 5.05. The van der Waals surface area contributed by atoms with E-state index < -0.39 is 5.97 Å². The summed E-state index contributed by atoms with van der Waals surface area (Å²) >= 11 is 1.23. The highest BCUT2D eigenvalue weighted by molar-refractivity contribution is 7.03. The molecular formula is C20H26N4O4S. The molecule has 9 heteroatoms. The first-order valence-electron chi connectivity index (χ1n) is 10.1. The second kappa shape index (κ2) is 8.62. The van der Waals surface area contributed by atoms with Crippen molar-refractivity contribution in [3.63, 3.8) is 0 Å². The molecule has 8 nitrogen and oxygen atoms in total. The van der Waals surface area contributed by atoms with Crippen LogP contribution in [0.25, 0.3) is 0 Å². The van der Waals surface area contributed by atoms with Gasteiger partial charge in [0.05, 0.1) is 23.6 Å². The van der Waals surface area contributed by atoms with Gasteiger partial charge >= 0.3 is 5.97 Å². The van der Waals surface area contributed by atoms with E-state index in [0.29, 0.717) is 31.6 Å². The van der Waals surface area contributed by atoms with E-state index in [0.717, 1.165) is 49.4 Å². The van der Waals surface area contributed by atoms with Gasteiger partial charge in [-0.3, -0.25) is 9.48 Å². The molecular weight excluding hydrogens is 392 g/mol. The maximum Gasteiger partial charge on any atom is 0.358 e. The zero-order valence-corrected chi connectivity index (χ0v) is 17.4. The molecule has 1 N–H and O–H groups in total. The highest BCUT2D eigenvalue weighted by atomic mass is 32.1. The van der Waals surface area contributed by atoms with Crippen LogP contribution in [0.5, 0.6) is 0 Å². The summed E-state index contributed by atoms with van der Waals surface area (Å²) < 4.78 is 16.8. The number of nitrogens with zero attached hydrogens (tertiary/aromatic N) is 3. The molecule has 2 aliphatic heterocycles. The van der Waals surface area contributed by atoms with Crippen LogP contribution in [0.15, 0.2) is 11.4 Å². The highest BCUT2D eigenvalue weighted by Crippen LogP contribution is 2.37. The van der Waals surface area contributed by atoms with Crippen LogP contribution in [-0.2, 0) is 28.9 Å². The van der Waals surface area contributed by atoms with Crippen molar-refractivity contribution >= 4 is 23.4 Å². The summed E-state index contributed by atoms with van der Waals surface area (Å²) in [7, 11) is 0. The number of amides is 1. The van der Waals surface area contributed by atoms with Gasteiger partial charge in [-0.05, 0) is 48.7 Å². The Hall–Kier alpha value is -2.26. The lowest BCUT2D eigenvalue weighted by Gasteiger charge is -2.36. The van der Waals surface area contributed by atoms with Gasteiger partial charge < -0.3 is 14.8 Å². The average molecular weight is 419 g/mol. The number of nitrogens with one attached hydrogen (secondary N) is 1. The molecule has 2 aliphatic rings. The van der Waals surface area contributed by atoms with Gasteiger partial charge in [0.1, 0.15) is 0 Å². The molecule has 1 spiro atoms. The van der Waals surface area contributed by atoms with Crippen molar-refractivity contribution < 1.29 is 19.1 Å². The molecule has 29 heavy (non-hydrogen) atoms. The molecule has 0 radical (unpaired) electrons. The van der Waals surface area contributed by atoms with Gasteiger partial charge in [0.25, 0.3) is 5.91 Å². The molecule has 0 aliphatic carbocycles. The second-order valence-electron chi connectivity index (χ2n) is 7.69. The minimum atomic E-state index is -0.402. The first-order chi connectivity index (χ1) is 14.1. The summed E-state index contributed by atoms with van der Waals surface area (Å²) in [5.74, 6) is -0.429. The van der Waals surface area contributed by atoms with E-state index in [1.807, 2.05) is 11.6 Å². The fourth-order valence-electron chi connectivity index (χ4n) is 4.13. The lowest BCUT2D eigenvalue weighted by atomic mass is 9.76. The molecule has 0 saturated carbocycles. The quantitative estimate of drug-likeness (QED) is 0.571. The first kappa shape index (κ1) is 20.0. The van der Waals surface area contributed by atoms with Crippen LogP contribution in [0, 0.1) is 5.41 Å². The van der Waals surface area contributed by atoms with Crippen LogP contribution in [0.4, 0.5) is 0 Å². The van der Waals surface area contributed by atoms with Gasteiger partial charge in [-0.1, -0.05) is 6.92 Å². The SMILES string of the molecule is CCc1nn(CCCOC(=O)c2ccsn2)c2c1C(=O)NCC1(CCOCC1)C2. The normalized spacial score (nSPS) is 18.2. The number of rotatable bonds is 6. The van der Waals surface area contributed by atoms with Crippen molar-refractivity contribution in [1.29, 1.82) is 0 Å². The van der Waals surface area contributed by atoms with Gasteiger partial charge in [-0.25, -0.2) is 4.79 Å². The smallest absolute Gasteiger partial charge is 0.358 e. The predicted octanol–water partition coefficient (Wildman–Crippen LogP) is 2.23. The van der Waals surface area contributed by atoms with Crippen molar-refractivity contribution in [2.75, 3.05) is 26.4 Å². The van der Waals surface area contributed by atoms with Crippen molar-refractivity contribution in [3.05, 3.63) is 34.1 Å². The maximum absolute atomic E-state index is 12.8. The van der Waals surface area contributed by atoms with E-state index >= 15 is 0 Å². The van der Waals surface area contributed by atoms with Crippen LogP contribution in [0.2, 0.25) is 0 Å². The van der Waals surface area contributed by atoms with Gasteiger partial charge in [0.15, 0.2) is 5.69 Å². The Morgan fingerprint density at radius 2 is 2.24 bits per heavy atom. The molecule has 2 aromatic rings. The van der Waals surface area contributed by atoms with E-state index in [9.17, 15) is 9.59 Å². The van der Waals surface area contributed by atoms with E-state index in [2.05, 4.69) is 9.69 Å². The molecule has 0 atom stereocenters. The minimum Gasteiger partial charge on any atom is -0.461 e. The van der Waals surface area contributed by atoms with E-state index in [4.69, 9.17) is 14.6 Å². The number of aryl methyl sites for hydroxylation is 2. The molecule has 2 aromatic heterocycles. The van der Waals surface area contributed by atoms with E-state index in [1.165, 1.54) is 11.5 Å². The summed E-state index contributed by atoms with van der Waals surface area (Å²) in [5, 5.41) is 9.59. The Morgan fingerprint density at radius 3 is 2.97 bits per heavy atom. The number of ether oxygens (including phenoxy) is 2. The maximum atomic E-state index is 12.8. The Morgan fingerprint density at radius 1 is 1.41 bits per heavy atom. The standard InChI is InChI=1S/C20H26N4O4S/c1-2-14-17-16(12-20(13-21-18(17)25)5-9-27-10-6-20)24(22-14)7-3-8-28-19(26)15-4-11-29-23-15/h4,11H,2-3,5-10,12-13H2,1H3,(H,21,25). The summed E-state index contributed by atoms with van der Waals surface area (Å²) in [6, 6.07) is 1.65. The fourth-order valence-corrected chi connectivity index (χ4v) is 4.63. The summed E-state index contributed by atoms with van der Waals surface area (Å²) in [5.41, 5.74) is 2.94. The molecule has 1 amide bonds. The second-order valence-corrected chi connectivity index (χ2v) is 8.36. The molecule has 0 unspecified atom stereocenters. The first-order valence-corrected chi connectivity index (χ1v) is 11.0. The lowest BCUT2D eigenvalue weighted by molar-refractivity contribution is 0.0152. The third-order valence-corrected chi connectivity index (χ3v) is 6.37. The number of aromatic nitrogens is 3. The third kappa shape index (κ3) is 4.20. The zero-order valence-electron chi connectivity index (χ0n) is 16.6. The van der Waals surface area contributed by atoms with Crippen molar-refractivity contribution in [3.8, 4) is 0 Å². The van der Waals surface area contributed by atoms with Crippen LogP contribution in [-0.4, -0.2) is 52.4 Å². The van der Waals surface area contributed by atoms with E-state index in [1.54, 1.807) is 11.4 Å². The average Bonchev–Trinajstić information content (AvgIpc) is 3.36. The Bertz CT molecular complexity index is 871. The number of esters is 1. The summed E-state index contributed by atoms with van der Waals surface area (Å²) in [6.07, 6.45) is 4.02. The fraction of sp³-hybridized carbons (Fsp3) is 0.600. The van der Waals surface area contributed by atoms with Gasteiger partial charge in [-0.15, -0.1) is 0 Å². The molecule has 4 rings (SSSR count). The monoisotopic (exact) mass is 418 g/mol. The number of hydrogen-bond acceptors (Lipinski definition) is 7. The van der Waals surface area contributed by atoms with Crippen molar-refractivity contribution in [2.24, 2.45) is 5.41 Å². The predicted molar refractivity (Wildman–Crippen MR) is 107 cm³/mol. The van der Waals surface area contributed by atoms with E-state index in [-0.39, 0.29) is 17.9 Å².